The second-order valence-electron chi connectivity index (χ2n) is 11.2. The van der Waals surface area contributed by atoms with E-state index in [0.29, 0.717) is 5.56 Å². The molecule has 1 heterocycles. The van der Waals surface area contributed by atoms with Gasteiger partial charge in [-0.25, -0.2) is 13.2 Å². The van der Waals surface area contributed by atoms with Crippen molar-refractivity contribution in [1.82, 2.24) is 10.2 Å². The first-order valence-electron chi connectivity index (χ1n) is 12.8. The summed E-state index contributed by atoms with van der Waals surface area (Å²) in [6, 6.07) is 2.83. The molecule has 9 nitrogen and oxygen atoms in total. The fourth-order valence-electron chi connectivity index (χ4n) is 4.59. The van der Waals surface area contributed by atoms with Crippen LogP contribution in [0.15, 0.2) is 23.1 Å². The summed E-state index contributed by atoms with van der Waals surface area (Å²) in [5.41, 5.74) is 0.643. The molecular weight excluding hydrogens is 496 g/mol. The number of hydrogen-bond acceptors (Lipinski definition) is 7. The predicted molar refractivity (Wildman–Crippen MR) is 138 cm³/mol. The van der Waals surface area contributed by atoms with Gasteiger partial charge in [0.25, 0.3) is 0 Å². The van der Waals surface area contributed by atoms with E-state index < -0.39 is 56.3 Å². The minimum absolute atomic E-state index is 0.151. The second kappa shape index (κ2) is 10.9. The second-order valence-corrected chi connectivity index (χ2v) is 13.4. The number of carbonyl (C=O) groups is 4. The van der Waals surface area contributed by atoms with Crippen molar-refractivity contribution in [3.05, 3.63) is 29.3 Å². The van der Waals surface area contributed by atoms with Crippen LogP contribution in [0.25, 0.3) is 0 Å². The minimum atomic E-state index is -3.88. The van der Waals surface area contributed by atoms with Crippen LogP contribution in [-0.4, -0.2) is 66.4 Å². The highest BCUT2D eigenvalue weighted by atomic mass is 32.2. The highest BCUT2D eigenvalue weighted by Crippen LogP contribution is 2.33. The Hall–Kier alpha value is -2.75. The number of likely N-dealkylation sites (tertiary alicyclic amines) is 1. The lowest BCUT2D eigenvalue weighted by atomic mass is 10.0. The van der Waals surface area contributed by atoms with Crippen LogP contribution in [0.3, 0.4) is 0 Å². The fourth-order valence-corrected chi connectivity index (χ4v) is 6.51. The van der Waals surface area contributed by atoms with Gasteiger partial charge < -0.3 is 10.1 Å². The molecule has 1 saturated carbocycles. The van der Waals surface area contributed by atoms with Gasteiger partial charge in [-0.15, -0.1) is 0 Å². The molecule has 10 heteroatoms. The summed E-state index contributed by atoms with van der Waals surface area (Å²) in [5.74, 6) is -1.62. The Morgan fingerprint density at radius 1 is 1.14 bits per heavy atom. The van der Waals surface area contributed by atoms with Crippen LogP contribution < -0.4 is 5.32 Å². The fraction of sp³-hybridized carbons (Fsp3) is 0.630. The van der Waals surface area contributed by atoms with Gasteiger partial charge in [-0.1, -0.05) is 24.6 Å². The molecule has 0 bridgehead atoms. The maximum absolute atomic E-state index is 13.6. The number of amides is 2. The Morgan fingerprint density at radius 3 is 2.32 bits per heavy atom. The molecular formula is C27H38N2O7S. The van der Waals surface area contributed by atoms with E-state index in [1.165, 1.54) is 0 Å². The average Bonchev–Trinajstić information content (AvgIpc) is 3.47. The van der Waals surface area contributed by atoms with Crippen molar-refractivity contribution in [3.63, 3.8) is 0 Å². The summed E-state index contributed by atoms with van der Waals surface area (Å²) in [4.78, 5) is 52.7. The molecule has 37 heavy (non-hydrogen) atoms. The molecule has 3 rings (SSSR count). The Kier molecular flexibility index (Phi) is 8.51. The van der Waals surface area contributed by atoms with E-state index in [1.54, 1.807) is 52.8 Å². The summed E-state index contributed by atoms with van der Waals surface area (Å²) in [6.45, 7) is 10.1. The SMILES string of the molecule is CC[C@H](NC(=O)[C@@H]1C[C@@H](S(=O)(=O)c2ccc(C)cc2C)CN1C(=O)OC(C)(C)C)C(=O)C(=O)CC1CC1. The van der Waals surface area contributed by atoms with E-state index in [9.17, 15) is 27.6 Å². The number of Topliss-reactive ketones (excluding diaryl/α,β-unsaturated/α-hetero) is 2. The summed E-state index contributed by atoms with van der Waals surface area (Å²) in [7, 11) is -3.88. The van der Waals surface area contributed by atoms with Gasteiger partial charge in [0, 0.05) is 13.0 Å². The van der Waals surface area contributed by atoms with E-state index >= 15 is 0 Å². The van der Waals surface area contributed by atoms with E-state index in [4.69, 9.17) is 4.74 Å². The topological polar surface area (TPSA) is 127 Å². The van der Waals surface area contributed by atoms with Crippen LogP contribution in [0.5, 0.6) is 0 Å². The molecule has 204 valence electrons. The van der Waals surface area contributed by atoms with Crippen molar-refractivity contribution in [2.75, 3.05) is 6.54 Å². The molecule has 1 N–H and O–H groups in total. The van der Waals surface area contributed by atoms with Crippen LogP contribution in [-0.2, 0) is 29.0 Å². The van der Waals surface area contributed by atoms with Crippen LogP contribution in [0.1, 0.15) is 70.9 Å². The zero-order chi connectivity index (χ0) is 27.7. The predicted octanol–water partition coefficient (Wildman–Crippen LogP) is 3.29. The zero-order valence-electron chi connectivity index (χ0n) is 22.5. The lowest BCUT2D eigenvalue weighted by Crippen LogP contribution is -2.52. The Labute approximate surface area is 219 Å². The Balaban J connectivity index is 1.85. The summed E-state index contributed by atoms with van der Waals surface area (Å²) < 4.78 is 32.6. The number of rotatable bonds is 9. The van der Waals surface area contributed by atoms with Gasteiger partial charge >= 0.3 is 6.09 Å². The number of nitrogens with zero attached hydrogens (tertiary/aromatic N) is 1. The van der Waals surface area contributed by atoms with Gasteiger partial charge in [0.05, 0.1) is 16.2 Å². The minimum Gasteiger partial charge on any atom is -0.444 e. The quantitative estimate of drug-likeness (QED) is 0.482. The molecule has 2 amide bonds. The van der Waals surface area contributed by atoms with Crippen molar-refractivity contribution >= 4 is 33.4 Å². The molecule has 1 saturated heterocycles. The maximum Gasteiger partial charge on any atom is 0.411 e. The molecule has 3 atom stereocenters. The number of nitrogens with one attached hydrogen (secondary N) is 1. The molecule has 0 spiro atoms. The van der Waals surface area contributed by atoms with Crippen molar-refractivity contribution in [1.29, 1.82) is 0 Å². The summed E-state index contributed by atoms with van der Waals surface area (Å²) in [6.07, 6.45) is 1.26. The highest BCUT2D eigenvalue weighted by Gasteiger charge is 2.47. The molecule has 0 unspecified atom stereocenters. The van der Waals surface area contributed by atoms with Crippen molar-refractivity contribution in [2.45, 2.75) is 101 Å². The number of ether oxygens (including phenoxy) is 1. The van der Waals surface area contributed by atoms with Gasteiger partial charge in [0.15, 0.2) is 9.84 Å². The van der Waals surface area contributed by atoms with Gasteiger partial charge in [-0.05, 0) is 77.8 Å². The van der Waals surface area contributed by atoms with E-state index in [0.717, 1.165) is 23.3 Å². The van der Waals surface area contributed by atoms with Crippen LogP contribution >= 0.6 is 0 Å². The van der Waals surface area contributed by atoms with Crippen molar-refractivity contribution in [3.8, 4) is 0 Å². The summed E-state index contributed by atoms with van der Waals surface area (Å²) >= 11 is 0. The third-order valence-electron chi connectivity index (χ3n) is 6.76. The average molecular weight is 535 g/mol. The summed E-state index contributed by atoms with van der Waals surface area (Å²) in [5, 5.41) is 1.57. The molecule has 2 fully saturated rings. The number of sulfone groups is 1. The largest absolute Gasteiger partial charge is 0.444 e. The zero-order valence-corrected chi connectivity index (χ0v) is 23.3. The number of carbonyl (C=O) groups excluding carboxylic acids is 4. The van der Waals surface area contributed by atoms with Crippen LogP contribution in [0.4, 0.5) is 4.79 Å². The Bertz CT molecular complexity index is 1180. The van der Waals surface area contributed by atoms with Crippen LogP contribution in [0.2, 0.25) is 0 Å². The molecule has 0 radical (unpaired) electrons. The molecule has 1 aliphatic heterocycles. The van der Waals surface area contributed by atoms with Gasteiger partial charge in [-0.2, -0.15) is 0 Å². The van der Waals surface area contributed by atoms with E-state index in [-0.39, 0.29) is 36.6 Å². The van der Waals surface area contributed by atoms with Crippen molar-refractivity contribution < 1.29 is 32.3 Å². The van der Waals surface area contributed by atoms with Gasteiger partial charge in [0.1, 0.15) is 11.6 Å². The standard InChI is InChI=1S/C27H38N2O7S/c1-7-20(24(31)22(30)13-18-9-10-18)28-25(32)21-14-19(15-29(21)26(33)36-27(4,5)6)37(34,35)23-11-8-16(2)12-17(23)3/h8,11-12,18-21H,7,9-10,13-15H2,1-6H3,(H,28,32)/t19-,20+,21+/m1/s1. The number of aryl methyl sites for hydroxylation is 2. The van der Waals surface area contributed by atoms with Crippen LogP contribution in [0, 0.1) is 19.8 Å². The highest BCUT2D eigenvalue weighted by molar-refractivity contribution is 7.92. The third kappa shape index (κ3) is 6.97. The first-order chi connectivity index (χ1) is 17.1. The monoisotopic (exact) mass is 534 g/mol. The normalized spacial score (nSPS) is 20.9. The molecule has 1 aromatic rings. The first-order valence-corrected chi connectivity index (χ1v) is 14.4. The third-order valence-corrected chi connectivity index (χ3v) is 9.05. The maximum atomic E-state index is 13.6. The van der Waals surface area contributed by atoms with E-state index in [1.807, 2.05) is 6.92 Å². The first kappa shape index (κ1) is 28.8. The molecule has 0 aromatic heterocycles. The molecule has 1 aromatic carbocycles. The number of benzene rings is 1. The lowest BCUT2D eigenvalue weighted by Gasteiger charge is -2.28. The molecule has 2 aliphatic rings. The van der Waals surface area contributed by atoms with E-state index in [2.05, 4.69) is 5.32 Å². The molecule has 1 aliphatic carbocycles. The van der Waals surface area contributed by atoms with Crippen molar-refractivity contribution in [2.24, 2.45) is 5.92 Å². The number of hydrogen-bond donors (Lipinski definition) is 1. The van der Waals surface area contributed by atoms with Gasteiger partial charge in [-0.3, -0.25) is 19.3 Å². The smallest absolute Gasteiger partial charge is 0.411 e. The lowest BCUT2D eigenvalue weighted by molar-refractivity contribution is -0.139. The van der Waals surface area contributed by atoms with Gasteiger partial charge in [0.2, 0.25) is 17.5 Å². The number of ketones is 2. The Morgan fingerprint density at radius 2 is 1.78 bits per heavy atom.